The zero-order valence-corrected chi connectivity index (χ0v) is 17.0. The number of ether oxygens (including phenoxy) is 1. The van der Waals surface area contributed by atoms with Crippen LogP contribution in [0.25, 0.3) is 11.0 Å². The lowest BCUT2D eigenvalue weighted by Crippen LogP contribution is -2.32. The first-order chi connectivity index (χ1) is 14.4. The largest absolute Gasteiger partial charge is 0.465 e. The molecule has 3 aromatic rings. The average Bonchev–Trinajstić information content (AvgIpc) is 3.15. The fourth-order valence-corrected chi connectivity index (χ4v) is 2.97. The fourth-order valence-electron chi connectivity index (χ4n) is 2.97. The number of carbonyl (C=O) groups is 3. The molecule has 0 fully saturated rings. The van der Waals surface area contributed by atoms with E-state index in [1.165, 1.54) is 12.0 Å². The molecule has 9 heteroatoms. The molecule has 1 aromatic heterocycles. The van der Waals surface area contributed by atoms with Crippen LogP contribution in [0.2, 0.25) is 0 Å². The van der Waals surface area contributed by atoms with Gasteiger partial charge in [0.1, 0.15) is 0 Å². The van der Waals surface area contributed by atoms with Crippen LogP contribution in [0.15, 0.2) is 48.8 Å². The highest BCUT2D eigenvalue weighted by Gasteiger charge is 2.13. The highest BCUT2D eigenvalue weighted by atomic mass is 16.5. The Labute approximate surface area is 173 Å². The quantitative estimate of drug-likeness (QED) is 0.608. The maximum Gasteiger partial charge on any atom is 0.339 e. The molecular formula is C21H23N5O4. The molecule has 156 valence electrons. The zero-order valence-electron chi connectivity index (χ0n) is 17.0. The lowest BCUT2D eigenvalue weighted by molar-refractivity contribution is 0.0601. The third-order valence-electron chi connectivity index (χ3n) is 4.49. The van der Waals surface area contributed by atoms with Crippen LogP contribution in [0.3, 0.4) is 0 Å². The van der Waals surface area contributed by atoms with Gasteiger partial charge in [0.05, 0.1) is 35.7 Å². The highest BCUT2D eigenvalue weighted by molar-refractivity contribution is 6.00. The van der Waals surface area contributed by atoms with Gasteiger partial charge in [-0.25, -0.2) is 14.6 Å². The summed E-state index contributed by atoms with van der Waals surface area (Å²) in [6, 6.07) is 11.5. The molecule has 3 amide bonds. The Morgan fingerprint density at radius 1 is 1.13 bits per heavy atom. The summed E-state index contributed by atoms with van der Waals surface area (Å²) in [5.41, 5.74) is 2.79. The summed E-state index contributed by atoms with van der Waals surface area (Å²) in [5, 5.41) is 5.41. The number of carbonyl (C=O) groups excluding carboxylic acids is 3. The van der Waals surface area contributed by atoms with E-state index in [-0.39, 0.29) is 11.5 Å². The van der Waals surface area contributed by atoms with Crippen molar-refractivity contribution in [1.82, 2.24) is 19.8 Å². The number of benzene rings is 2. The lowest BCUT2D eigenvalue weighted by atomic mass is 10.2. The molecule has 9 nitrogen and oxygen atoms in total. The van der Waals surface area contributed by atoms with Crippen LogP contribution >= 0.6 is 0 Å². The van der Waals surface area contributed by atoms with Crippen LogP contribution in [0, 0.1) is 0 Å². The van der Waals surface area contributed by atoms with Gasteiger partial charge >= 0.3 is 12.0 Å². The van der Waals surface area contributed by atoms with Crippen LogP contribution in [0.5, 0.6) is 0 Å². The Morgan fingerprint density at radius 2 is 1.90 bits per heavy atom. The first kappa shape index (κ1) is 20.8. The normalized spacial score (nSPS) is 10.5. The number of para-hydroxylation sites is 1. The van der Waals surface area contributed by atoms with Crippen molar-refractivity contribution in [3.63, 3.8) is 0 Å². The number of methoxy groups -OCH3 is 1. The topological polar surface area (TPSA) is 106 Å². The Bertz CT molecular complexity index is 1090. The molecular weight excluding hydrogens is 386 g/mol. The minimum atomic E-state index is -0.525. The number of fused-ring (bicyclic) bond motifs is 1. The fraction of sp³-hybridized carbons (Fsp3) is 0.238. The van der Waals surface area contributed by atoms with Gasteiger partial charge in [-0.05, 0) is 30.3 Å². The predicted octanol–water partition coefficient (Wildman–Crippen LogP) is 2.35. The first-order valence-electron chi connectivity index (χ1n) is 9.29. The van der Waals surface area contributed by atoms with Crippen molar-refractivity contribution < 1.29 is 19.1 Å². The van der Waals surface area contributed by atoms with Gasteiger partial charge in [0.2, 0.25) is 0 Å². The number of nitrogens with zero attached hydrogens (tertiary/aromatic N) is 3. The van der Waals surface area contributed by atoms with E-state index >= 15 is 0 Å². The van der Waals surface area contributed by atoms with Crippen LogP contribution < -0.4 is 10.6 Å². The third kappa shape index (κ3) is 4.57. The van der Waals surface area contributed by atoms with E-state index in [4.69, 9.17) is 4.74 Å². The Hall–Kier alpha value is -3.88. The third-order valence-corrected chi connectivity index (χ3v) is 4.49. The first-order valence-corrected chi connectivity index (χ1v) is 9.29. The Balaban J connectivity index is 1.60. The minimum Gasteiger partial charge on any atom is -0.465 e. The molecule has 0 spiro atoms. The maximum atomic E-state index is 12.2. The number of anilines is 1. The molecule has 0 aliphatic rings. The van der Waals surface area contributed by atoms with E-state index in [0.717, 1.165) is 5.52 Å². The van der Waals surface area contributed by atoms with E-state index in [1.54, 1.807) is 56.8 Å². The number of imidazole rings is 1. The van der Waals surface area contributed by atoms with Crippen molar-refractivity contribution in [3.8, 4) is 0 Å². The second kappa shape index (κ2) is 9.08. The number of hydrogen-bond acceptors (Lipinski definition) is 5. The summed E-state index contributed by atoms with van der Waals surface area (Å²) in [7, 11) is 4.69. The Morgan fingerprint density at radius 3 is 2.63 bits per heavy atom. The van der Waals surface area contributed by atoms with Crippen LogP contribution in [-0.4, -0.2) is 60.1 Å². The summed E-state index contributed by atoms with van der Waals surface area (Å²) in [6.07, 6.45) is 1.67. The lowest BCUT2D eigenvalue weighted by Gasteiger charge is -2.11. The van der Waals surface area contributed by atoms with Crippen LogP contribution in [-0.2, 0) is 11.3 Å². The van der Waals surface area contributed by atoms with Gasteiger partial charge in [0.25, 0.3) is 5.91 Å². The molecule has 3 rings (SSSR count). The van der Waals surface area contributed by atoms with Crippen molar-refractivity contribution in [1.29, 1.82) is 0 Å². The Kier molecular flexibility index (Phi) is 6.31. The number of aromatic nitrogens is 2. The summed E-state index contributed by atoms with van der Waals surface area (Å²) in [6.45, 7) is 0.833. The average molecular weight is 409 g/mol. The van der Waals surface area contributed by atoms with E-state index in [1.807, 2.05) is 10.6 Å². The standard InChI is InChI=1S/C21H23N5O4/c1-25(2)19(27)14-8-9-18-17(12-14)23-13-26(18)11-10-22-21(29)24-16-7-5-4-6-15(16)20(28)30-3/h4-9,12-13H,10-11H2,1-3H3,(H2,22,24,29). The molecule has 1 heterocycles. The predicted molar refractivity (Wildman–Crippen MR) is 113 cm³/mol. The smallest absolute Gasteiger partial charge is 0.339 e. The molecule has 0 atom stereocenters. The molecule has 0 radical (unpaired) electrons. The molecule has 0 aliphatic heterocycles. The van der Waals surface area contributed by atoms with E-state index < -0.39 is 12.0 Å². The number of nitrogens with one attached hydrogen (secondary N) is 2. The van der Waals surface area contributed by atoms with Crippen molar-refractivity contribution >= 4 is 34.6 Å². The summed E-state index contributed by atoms with van der Waals surface area (Å²) in [5.74, 6) is -0.611. The highest BCUT2D eigenvalue weighted by Crippen LogP contribution is 2.17. The molecule has 2 N–H and O–H groups in total. The van der Waals surface area contributed by atoms with Crippen molar-refractivity contribution in [3.05, 3.63) is 59.9 Å². The van der Waals surface area contributed by atoms with Gasteiger partial charge in [0.15, 0.2) is 0 Å². The number of esters is 1. The number of amides is 3. The maximum absolute atomic E-state index is 12.2. The number of urea groups is 1. The zero-order chi connectivity index (χ0) is 21.7. The van der Waals surface area contributed by atoms with Crippen molar-refractivity contribution in [2.24, 2.45) is 0 Å². The van der Waals surface area contributed by atoms with Crippen LogP contribution in [0.1, 0.15) is 20.7 Å². The molecule has 0 aliphatic carbocycles. The van der Waals surface area contributed by atoms with Crippen molar-refractivity contribution in [2.45, 2.75) is 6.54 Å². The van der Waals surface area contributed by atoms with Gasteiger partial charge in [-0.15, -0.1) is 0 Å². The monoisotopic (exact) mass is 409 g/mol. The molecule has 0 unspecified atom stereocenters. The summed E-state index contributed by atoms with van der Waals surface area (Å²) in [4.78, 5) is 41.9. The molecule has 0 saturated heterocycles. The second-order valence-electron chi connectivity index (χ2n) is 6.76. The van der Waals surface area contributed by atoms with E-state index in [0.29, 0.717) is 29.9 Å². The van der Waals surface area contributed by atoms with E-state index in [2.05, 4.69) is 15.6 Å². The number of rotatable bonds is 6. The van der Waals surface area contributed by atoms with Gasteiger partial charge in [-0.3, -0.25) is 4.79 Å². The molecule has 30 heavy (non-hydrogen) atoms. The van der Waals surface area contributed by atoms with Crippen LogP contribution in [0.4, 0.5) is 10.5 Å². The van der Waals surface area contributed by atoms with Gasteiger partial charge < -0.3 is 24.8 Å². The van der Waals surface area contributed by atoms with E-state index in [9.17, 15) is 14.4 Å². The second-order valence-corrected chi connectivity index (χ2v) is 6.76. The van der Waals surface area contributed by atoms with Gasteiger partial charge in [-0.2, -0.15) is 0 Å². The molecule has 0 bridgehead atoms. The minimum absolute atomic E-state index is 0.0861. The van der Waals surface area contributed by atoms with Gasteiger partial charge in [-0.1, -0.05) is 12.1 Å². The molecule has 2 aromatic carbocycles. The summed E-state index contributed by atoms with van der Waals surface area (Å²) < 4.78 is 6.61. The summed E-state index contributed by atoms with van der Waals surface area (Å²) >= 11 is 0. The van der Waals surface area contributed by atoms with Crippen molar-refractivity contribution in [2.75, 3.05) is 33.1 Å². The van der Waals surface area contributed by atoms with Gasteiger partial charge in [0, 0.05) is 32.7 Å². The molecule has 0 saturated carbocycles. The number of hydrogen-bond donors (Lipinski definition) is 2. The SMILES string of the molecule is COC(=O)c1ccccc1NC(=O)NCCn1cnc2cc(C(=O)N(C)C)ccc21.